The lowest BCUT2D eigenvalue weighted by Crippen LogP contribution is -2.18. The van der Waals surface area contributed by atoms with Gasteiger partial charge in [0.15, 0.2) is 0 Å². The highest BCUT2D eigenvalue weighted by Gasteiger charge is 2.08. The number of halogens is 1. The van der Waals surface area contributed by atoms with E-state index < -0.39 is 0 Å². The van der Waals surface area contributed by atoms with Gasteiger partial charge in [0.2, 0.25) is 0 Å². The van der Waals surface area contributed by atoms with E-state index in [4.69, 9.17) is 22.1 Å². The van der Waals surface area contributed by atoms with Gasteiger partial charge in [0, 0.05) is 24.0 Å². The quantitative estimate of drug-likeness (QED) is 0.916. The third-order valence-electron chi connectivity index (χ3n) is 3.00. The molecule has 4 heteroatoms. The lowest BCUT2D eigenvalue weighted by Gasteiger charge is -2.14. The minimum absolute atomic E-state index is 0.101. The number of aryl methyl sites for hydroxylation is 1. The molecule has 0 aliphatic heterocycles. The molecule has 0 aliphatic carbocycles. The molecule has 2 rings (SSSR count). The first kappa shape index (κ1) is 14.8. The number of nitrogens with two attached hydrogens (primary N) is 1. The van der Waals surface area contributed by atoms with Gasteiger partial charge in [-0.1, -0.05) is 29.3 Å². The monoisotopic (exact) mass is 290 g/mol. The number of ether oxygens (including phenoxy) is 1. The van der Waals surface area contributed by atoms with E-state index in [1.54, 1.807) is 12.4 Å². The summed E-state index contributed by atoms with van der Waals surface area (Å²) in [5.41, 5.74) is 9.15. The predicted molar refractivity (Wildman–Crippen MR) is 82.1 cm³/mol. The van der Waals surface area contributed by atoms with E-state index >= 15 is 0 Å². The summed E-state index contributed by atoms with van der Waals surface area (Å²) in [7, 11) is 0. The van der Waals surface area contributed by atoms with Gasteiger partial charge in [-0.05, 0) is 38.0 Å². The second kappa shape index (κ2) is 6.73. The van der Waals surface area contributed by atoms with Crippen LogP contribution in [0.1, 0.15) is 23.6 Å². The number of hydrogen-bond donors (Lipinski definition) is 1. The maximum absolute atomic E-state index is 6.08. The number of pyridine rings is 1. The van der Waals surface area contributed by atoms with Crippen molar-refractivity contribution in [3.05, 3.63) is 58.4 Å². The number of benzene rings is 1. The first-order valence-corrected chi connectivity index (χ1v) is 7.00. The van der Waals surface area contributed by atoms with E-state index in [9.17, 15) is 0 Å². The fourth-order valence-corrected chi connectivity index (χ4v) is 2.21. The van der Waals surface area contributed by atoms with E-state index in [0.29, 0.717) is 11.6 Å². The fourth-order valence-electron chi connectivity index (χ4n) is 2.03. The lowest BCUT2D eigenvalue weighted by atomic mass is 10.0. The van der Waals surface area contributed by atoms with Crippen LogP contribution in [-0.2, 0) is 13.0 Å². The van der Waals surface area contributed by atoms with Gasteiger partial charge in [-0.2, -0.15) is 0 Å². The van der Waals surface area contributed by atoms with Crippen LogP contribution in [0.3, 0.4) is 0 Å². The lowest BCUT2D eigenvalue weighted by molar-refractivity contribution is 0.302. The van der Waals surface area contributed by atoms with E-state index in [0.717, 1.165) is 23.3 Å². The van der Waals surface area contributed by atoms with Crippen LogP contribution in [-0.4, -0.2) is 11.0 Å². The highest BCUT2D eigenvalue weighted by atomic mass is 35.5. The van der Waals surface area contributed by atoms with Crippen molar-refractivity contribution in [3.8, 4) is 5.75 Å². The van der Waals surface area contributed by atoms with Crippen molar-refractivity contribution < 1.29 is 4.74 Å². The minimum Gasteiger partial charge on any atom is -0.489 e. The van der Waals surface area contributed by atoms with Gasteiger partial charge in [-0.3, -0.25) is 4.98 Å². The molecule has 0 saturated carbocycles. The van der Waals surface area contributed by atoms with Crippen LogP contribution in [0.25, 0.3) is 0 Å². The van der Waals surface area contributed by atoms with Crippen LogP contribution in [0.15, 0.2) is 36.7 Å². The Kier molecular flexibility index (Phi) is 4.99. The zero-order valence-electron chi connectivity index (χ0n) is 11.8. The molecule has 0 bridgehead atoms. The van der Waals surface area contributed by atoms with Crippen LogP contribution in [0.2, 0.25) is 5.02 Å². The van der Waals surface area contributed by atoms with Crippen LogP contribution < -0.4 is 10.5 Å². The van der Waals surface area contributed by atoms with E-state index in [1.807, 2.05) is 25.1 Å². The second-order valence-electron chi connectivity index (χ2n) is 5.05. The maximum Gasteiger partial charge on any atom is 0.123 e. The van der Waals surface area contributed by atoms with Gasteiger partial charge >= 0.3 is 0 Å². The Morgan fingerprint density at radius 1 is 1.30 bits per heavy atom. The Morgan fingerprint density at radius 3 is 2.80 bits per heavy atom. The van der Waals surface area contributed by atoms with Crippen LogP contribution in [0.5, 0.6) is 5.75 Å². The molecule has 0 spiro atoms. The Labute approximate surface area is 124 Å². The molecule has 0 saturated heterocycles. The zero-order valence-corrected chi connectivity index (χ0v) is 12.5. The fraction of sp³-hybridized carbons (Fsp3) is 0.312. The maximum atomic E-state index is 6.08. The molecule has 0 fully saturated rings. The van der Waals surface area contributed by atoms with Gasteiger partial charge in [0.1, 0.15) is 12.4 Å². The van der Waals surface area contributed by atoms with Crippen molar-refractivity contribution in [2.75, 3.05) is 0 Å². The summed E-state index contributed by atoms with van der Waals surface area (Å²) in [4.78, 5) is 3.96. The smallest absolute Gasteiger partial charge is 0.123 e. The SMILES string of the molecule is Cc1ccc(OCc2ccncc2Cl)c(CC(C)N)c1. The number of rotatable bonds is 5. The molecule has 0 aliphatic rings. The van der Waals surface area contributed by atoms with Crippen LogP contribution in [0, 0.1) is 6.92 Å². The number of hydrogen-bond acceptors (Lipinski definition) is 3. The molecule has 1 aromatic carbocycles. The average Bonchev–Trinajstić information content (AvgIpc) is 2.39. The molecule has 3 nitrogen and oxygen atoms in total. The molecule has 2 aromatic rings. The summed E-state index contributed by atoms with van der Waals surface area (Å²) in [6.45, 7) is 4.48. The van der Waals surface area contributed by atoms with Gasteiger partial charge in [-0.25, -0.2) is 0 Å². The highest BCUT2D eigenvalue weighted by Crippen LogP contribution is 2.23. The first-order chi connectivity index (χ1) is 9.56. The second-order valence-corrected chi connectivity index (χ2v) is 5.46. The molecule has 20 heavy (non-hydrogen) atoms. The van der Waals surface area contributed by atoms with Crippen molar-refractivity contribution in [2.24, 2.45) is 5.73 Å². The van der Waals surface area contributed by atoms with Gasteiger partial charge in [0.25, 0.3) is 0 Å². The molecule has 106 valence electrons. The molecule has 1 aromatic heterocycles. The van der Waals surface area contributed by atoms with Crippen LogP contribution >= 0.6 is 11.6 Å². The Morgan fingerprint density at radius 2 is 2.10 bits per heavy atom. The predicted octanol–water partition coefficient (Wildman–Crippen LogP) is 3.51. The summed E-state index contributed by atoms with van der Waals surface area (Å²) in [6, 6.07) is 8.11. The van der Waals surface area contributed by atoms with Gasteiger partial charge < -0.3 is 10.5 Å². The van der Waals surface area contributed by atoms with Gasteiger partial charge in [0.05, 0.1) is 5.02 Å². The molecule has 1 unspecified atom stereocenters. The van der Waals surface area contributed by atoms with Crippen molar-refractivity contribution in [2.45, 2.75) is 32.9 Å². The topological polar surface area (TPSA) is 48.1 Å². The van der Waals surface area contributed by atoms with E-state index in [1.165, 1.54) is 5.56 Å². The third-order valence-corrected chi connectivity index (χ3v) is 3.34. The molecule has 1 heterocycles. The molecular formula is C16H19ClN2O. The largest absolute Gasteiger partial charge is 0.489 e. The Bertz CT molecular complexity index is 584. The molecule has 1 atom stereocenters. The molecule has 2 N–H and O–H groups in total. The Balaban J connectivity index is 2.15. The number of aromatic nitrogens is 1. The summed E-state index contributed by atoms with van der Waals surface area (Å²) in [5, 5.41) is 0.619. The van der Waals surface area contributed by atoms with E-state index in [2.05, 4.69) is 18.0 Å². The van der Waals surface area contributed by atoms with E-state index in [-0.39, 0.29) is 6.04 Å². The molecular weight excluding hydrogens is 272 g/mol. The first-order valence-electron chi connectivity index (χ1n) is 6.62. The number of nitrogens with zero attached hydrogens (tertiary/aromatic N) is 1. The zero-order chi connectivity index (χ0) is 14.5. The summed E-state index contributed by atoms with van der Waals surface area (Å²) < 4.78 is 5.89. The molecule has 0 amide bonds. The normalized spacial score (nSPS) is 12.2. The van der Waals surface area contributed by atoms with Crippen LogP contribution in [0.4, 0.5) is 0 Å². The standard InChI is InChI=1S/C16H19ClN2O/c1-11-3-4-16(14(7-11)8-12(2)18)20-10-13-5-6-19-9-15(13)17/h3-7,9,12H,8,10,18H2,1-2H3. The highest BCUT2D eigenvalue weighted by molar-refractivity contribution is 6.31. The summed E-state index contributed by atoms with van der Waals surface area (Å²) in [6.07, 6.45) is 4.13. The average molecular weight is 291 g/mol. The van der Waals surface area contributed by atoms with Gasteiger partial charge in [-0.15, -0.1) is 0 Å². The van der Waals surface area contributed by atoms with Crippen molar-refractivity contribution in [1.29, 1.82) is 0 Å². The molecule has 0 radical (unpaired) electrons. The van der Waals surface area contributed by atoms with Crippen molar-refractivity contribution in [1.82, 2.24) is 4.98 Å². The van der Waals surface area contributed by atoms with Crippen molar-refractivity contribution in [3.63, 3.8) is 0 Å². The summed E-state index contributed by atoms with van der Waals surface area (Å²) in [5.74, 6) is 0.862. The third kappa shape index (κ3) is 3.95. The Hall–Kier alpha value is -1.58. The van der Waals surface area contributed by atoms with Crippen molar-refractivity contribution >= 4 is 11.6 Å². The summed E-state index contributed by atoms with van der Waals surface area (Å²) >= 11 is 6.08. The minimum atomic E-state index is 0.101.